The third kappa shape index (κ3) is 4.44. The summed E-state index contributed by atoms with van der Waals surface area (Å²) in [6, 6.07) is 11.3. The number of benzene rings is 2. The summed E-state index contributed by atoms with van der Waals surface area (Å²) in [6.07, 6.45) is 0. The number of aromatic nitrogens is 2. The van der Waals surface area contributed by atoms with Gasteiger partial charge in [-0.15, -0.1) is 0 Å². The van der Waals surface area contributed by atoms with Crippen LogP contribution in [0.3, 0.4) is 0 Å². The van der Waals surface area contributed by atoms with Gasteiger partial charge >= 0.3 is 6.61 Å². The molecular weight excluding hydrogens is 384 g/mol. The molecule has 0 aliphatic carbocycles. The SMILES string of the molecule is CC(Sc1nc2ccc(Cl)cc2[nH]1)C(=O)Nc1ccccc1OC(F)F. The number of amides is 1. The van der Waals surface area contributed by atoms with Crippen LogP contribution in [0.4, 0.5) is 14.5 Å². The number of ether oxygens (including phenoxy) is 1. The highest BCUT2D eigenvalue weighted by molar-refractivity contribution is 8.00. The Morgan fingerprint density at radius 3 is 2.85 bits per heavy atom. The summed E-state index contributed by atoms with van der Waals surface area (Å²) in [5.74, 6) is -0.453. The normalized spacial score (nSPS) is 12.3. The molecule has 9 heteroatoms. The number of imidazole rings is 1. The number of anilines is 1. The van der Waals surface area contributed by atoms with Crippen molar-refractivity contribution in [2.24, 2.45) is 0 Å². The number of para-hydroxylation sites is 2. The second kappa shape index (κ2) is 7.92. The van der Waals surface area contributed by atoms with Gasteiger partial charge in [0.1, 0.15) is 5.75 Å². The number of thioether (sulfide) groups is 1. The number of nitrogens with one attached hydrogen (secondary N) is 2. The molecule has 26 heavy (non-hydrogen) atoms. The van der Waals surface area contributed by atoms with Gasteiger partial charge in [0.2, 0.25) is 5.91 Å². The van der Waals surface area contributed by atoms with Gasteiger partial charge < -0.3 is 15.0 Å². The number of H-pyrrole nitrogens is 1. The Morgan fingerprint density at radius 2 is 2.08 bits per heavy atom. The monoisotopic (exact) mass is 397 g/mol. The minimum Gasteiger partial charge on any atom is -0.433 e. The number of alkyl halides is 2. The third-order valence-electron chi connectivity index (χ3n) is 3.44. The molecule has 5 nitrogen and oxygen atoms in total. The van der Waals surface area contributed by atoms with Crippen LogP contribution >= 0.6 is 23.4 Å². The average molecular weight is 398 g/mol. The highest BCUT2D eigenvalue weighted by Crippen LogP contribution is 2.28. The molecule has 0 spiro atoms. The van der Waals surface area contributed by atoms with Crippen LogP contribution < -0.4 is 10.1 Å². The van der Waals surface area contributed by atoms with Crippen LogP contribution in [-0.4, -0.2) is 27.7 Å². The van der Waals surface area contributed by atoms with Crippen LogP contribution in [0.25, 0.3) is 11.0 Å². The summed E-state index contributed by atoms with van der Waals surface area (Å²) in [5.41, 5.74) is 1.69. The maximum absolute atomic E-state index is 12.5. The standard InChI is InChI=1S/C17H14ClF2N3O2S/c1-9(26-17-22-11-7-6-10(18)8-13(11)23-17)15(24)21-12-4-2-3-5-14(12)25-16(19)20/h2-9,16H,1H3,(H,21,24)(H,22,23). The van der Waals surface area contributed by atoms with Gasteiger partial charge in [0, 0.05) is 5.02 Å². The fraction of sp³-hybridized carbons (Fsp3) is 0.176. The zero-order valence-corrected chi connectivity index (χ0v) is 15.1. The van der Waals surface area contributed by atoms with E-state index in [0.29, 0.717) is 10.2 Å². The Kier molecular flexibility index (Phi) is 5.63. The van der Waals surface area contributed by atoms with Gasteiger partial charge in [0.25, 0.3) is 0 Å². The molecule has 1 unspecified atom stereocenters. The van der Waals surface area contributed by atoms with Gasteiger partial charge in [-0.25, -0.2) is 4.98 Å². The molecule has 136 valence electrons. The van der Waals surface area contributed by atoms with E-state index in [1.165, 1.54) is 23.9 Å². The van der Waals surface area contributed by atoms with Crippen LogP contribution in [0.1, 0.15) is 6.92 Å². The summed E-state index contributed by atoms with van der Waals surface area (Å²) in [6.45, 7) is -1.28. The number of halogens is 3. The lowest BCUT2D eigenvalue weighted by Gasteiger charge is -2.14. The number of carbonyl (C=O) groups excluding carboxylic acids is 1. The molecule has 1 amide bonds. The Morgan fingerprint density at radius 1 is 1.31 bits per heavy atom. The van der Waals surface area contributed by atoms with E-state index < -0.39 is 11.9 Å². The second-order valence-corrected chi connectivity index (χ2v) is 7.09. The fourth-order valence-corrected chi connectivity index (χ4v) is 3.23. The van der Waals surface area contributed by atoms with E-state index in [-0.39, 0.29) is 17.3 Å². The lowest BCUT2D eigenvalue weighted by atomic mass is 10.3. The summed E-state index contributed by atoms with van der Waals surface area (Å²) in [5, 5.41) is 3.22. The number of hydrogen-bond acceptors (Lipinski definition) is 4. The number of fused-ring (bicyclic) bond motifs is 1. The summed E-state index contributed by atoms with van der Waals surface area (Å²) in [7, 11) is 0. The summed E-state index contributed by atoms with van der Waals surface area (Å²) < 4.78 is 29.3. The van der Waals surface area contributed by atoms with E-state index in [4.69, 9.17) is 11.6 Å². The highest BCUT2D eigenvalue weighted by Gasteiger charge is 2.19. The van der Waals surface area contributed by atoms with E-state index in [1.807, 2.05) is 0 Å². The Bertz CT molecular complexity index is 935. The Balaban J connectivity index is 1.69. The van der Waals surface area contributed by atoms with E-state index in [9.17, 15) is 13.6 Å². The first-order chi connectivity index (χ1) is 12.4. The van der Waals surface area contributed by atoms with E-state index in [2.05, 4.69) is 20.0 Å². The number of rotatable bonds is 6. The van der Waals surface area contributed by atoms with Crippen molar-refractivity contribution in [3.8, 4) is 5.75 Å². The van der Waals surface area contributed by atoms with E-state index >= 15 is 0 Å². The second-order valence-electron chi connectivity index (χ2n) is 5.33. The first kappa shape index (κ1) is 18.5. The van der Waals surface area contributed by atoms with E-state index in [0.717, 1.165) is 11.0 Å². The van der Waals surface area contributed by atoms with Crippen molar-refractivity contribution in [2.75, 3.05) is 5.32 Å². The summed E-state index contributed by atoms with van der Waals surface area (Å²) in [4.78, 5) is 19.9. The Hall–Kier alpha value is -2.32. The first-order valence-corrected chi connectivity index (χ1v) is 8.85. The van der Waals surface area contributed by atoms with Gasteiger partial charge in [-0.2, -0.15) is 8.78 Å². The lowest BCUT2D eigenvalue weighted by molar-refractivity contribution is -0.115. The molecule has 0 aliphatic heterocycles. The fourth-order valence-electron chi connectivity index (χ4n) is 2.24. The molecule has 1 aromatic heterocycles. The minimum atomic E-state index is -2.97. The minimum absolute atomic E-state index is 0.0913. The van der Waals surface area contributed by atoms with Gasteiger partial charge in [-0.1, -0.05) is 35.5 Å². The van der Waals surface area contributed by atoms with E-state index in [1.54, 1.807) is 37.3 Å². The molecule has 1 heterocycles. The molecule has 3 aromatic rings. The maximum Gasteiger partial charge on any atom is 0.387 e. The van der Waals surface area contributed by atoms with Crippen molar-refractivity contribution in [3.63, 3.8) is 0 Å². The molecule has 0 saturated heterocycles. The molecule has 3 rings (SSSR count). The average Bonchev–Trinajstić information content (AvgIpc) is 2.97. The first-order valence-electron chi connectivity index (χ1n) is 7.59. The number of nitrogens with zero attached hydrogens (tertiary/aromatic N) is 1. The van der Waals surface area contributed by atoms with Gasteiger partial charge in [-0.3, -0.25) is 4.79 Å². The van der Waals surface area contributed by atoms with Crippen molar-refractivity contribution in [1.82, 2.24) is 9.97 Å². The van der Waals surface area contributed by atoms with Crippen LogP contribution in [0, 0.1) is 0 Å². The Labute approximate surface area is 157 Å². The molecule has 1 atom stereocenters. The molecular formula is C17H14ClF2N3O2S. The van der Waals surface area contributed by atoms with Crippen molar-refractivity contribution in [2.45, 2.75) is 23.9 Å². The maximum atomic E-state index is 12.5. The molecule has 0 fully saturated rings. The van der Waals surface area contributed by atoms with Crippen molar-refractivity contribution in [3.05, 3.63) is 47.5 Å². The van der Waals surface area contributed by atoms with Crippen molar-refractivity contribution in [1.29, 1.82) is 0 Å². The predicted molar refractivity (Wildman–Crippen MR) is 98.1 cm³/mol. The highest BCUT2D eigenvalue weighted by atomic mass is 35.5. The van der Waals surface area contributed by atoms with Crippen LogP contribution in [0.5, 0.6) is 5.75 Å². The van der Waals surface area contributed by atoms with Crippen LogP contribution in [0.15, 0.2) is 47.6 Å². The smallest absolute Gasteiger partial charge is 0.387 e. The lowest BCUT2D eigenvalue weighted by Crippen LogP contribution is -2.23. The van der Waals surface area contributed by atoms with Crippen molar-refractivity contribution < 1.29 is 18.3 Å². The van der Waals surface area contributed by atoms with Crippen molar-refractivity contribution >= 4 is 46.0 Å². The molecule has 2 N–H and O–H groups in total. The molecule has 0 aliphatic rings. The number of carbonyl (C=O) groups is 1. The van der Waals surface area contributed by atoms with Crippen LogP contribution in [-0.2, 0) is 4.79 Å². The molecule has 0 bridgehead atoms. The quantitative estimate of drug-likeness (QED) is 0.578. The largest absolute Gasteiger partial charge is 0.433 e. The third-order valence-corrected chi connectivity index (χ3v) is 4.66. The molecule has 0 radical (unpaired) electrons. The zero-order chi connectivity index (χ0) is 18.7. The van der Waals surface area contributed by atoms with Gasteiger partial charge in [-0.05, 0) is 37.3 Å². The molecule has 2 aromatic carbocycles. The van der Waals surface area contributed by atoms with Gasteiger partial charge in [0.05, 0.1) is 22.0 Å². The topological polar surface area (TPSA) is 67.0 Å². The summed E-state index contributed by atoms with van der Waals surface area (Å²) >= 11 is 7.15. The number of hydrogen-bond donors (Lipinski definition) is 2. The number of aromatic amines is 1. The molecule has 0 saturated carbocycles. The zero-order valence-electron chi connectivity index (χ0n) is 13.5. The van der Waals surface area contributed by atoms with Crippen LogP contribution in [0.2, 0.25) is 5.02 Å². The van der Waals surface area contributed by atoms with Gasteiger partial charge in [0.15, 0.2) is 5.16 Å². The predicted octanol–water partition coefficient (Wildman–Crippen LogP) is 4.94.